The van der Waals surface area contributed by atoms with Crippen molar-refractivity contribution in [3.63, 3.8) is 0 Å². The second-order valence-electron chi connectivity index (χ2n) is 10.5. The number of aromatic nitrogens is 2. The largest absolute Gasteiger partial charge is 0.368 e. The van der Waals surface area contributed by atoms with E-state index in [1.54, 1.807) is 12.1 Å². The van der Waals surface area contributed by atoms with E-state index in [4.69, 9.17) is 4.98 Å². The molecule has 3 heterocycles. The Morgan fingerprint density at radius 2 is 1.66 bits per heavy atom. The number of likely N-dealkylation sites (tertiary alicyclic amines) is 1. The summed E-state index contributed by atoms with van der Waals surface area (Å²) in [5, 5.41) is 0. The van der Waals surface area contributed by atoms with Gasteiger partial charge in [0.2, 0.25) is 5.91 Å². The number of aryl methyl sites for hydroxylation is 1. The Kier molecular flexibility index (Phi) is 6.85. The molecule has 196 valence electrons. The van der Waals surface area contributed by atoms with Gasteiger partial charge in [-0.25, -0.2) is 9.37 Å². The molecule has 0 radical (unpaired) electrons. The number of hydrogen-bond donors (Lipinski definition) is 0. The topological polar surface area (TPSA) is 44.6 Å². The maximum Gasteiger partial charge on any atom is 0.227 e. The zero-order valence-electron chi connectivity index (χ0n) is 21.9. The van der Waals surface area contributed by atoms with Gasteiger partial charge in [0, 0.05) is 44.1 Å². The van der Waals surface area contributed by atoms with Crippen LogP contribution in [0.1, 0.15) is 24.2 Å². The zero-order chi connectivity index (χ0) is 26.1. The number of fused-ring (bicyclic) bond motifs is 1. The van der Waals surface area contributed by atoms with Crippen molar-refractivity contribution in [2.24, 2.45) is 5.92 Å². The van der Waals surface area contributed by atoms with Crippen LogP contribution in [-0.4, -0.2) is 64.5 Å². The van der Waals surface area contributed by atoms with Gasteiger partial charge in [-0.05, 0) is 74.3 Å². The molecular weight excluding hydrogens is 477 g/mol. The van der Waals surface area contributed by atoms with Crippen LogP contribution in [0.5, 0.6) is 0 Å². The second kappa shape index (κ2) is 10.6. The number of imidazole rings is 1. The van der Waals surface area contributed by atoms with Gasteiger partial charge >= 0.3 is 0 Å². The molecule has 0 bridgehead atoms. The summed E-state index contributed by atoms with van der Waals surface area (Å²) < 4.78 is 15.8. The number of piperazine rings is 1. The second-order valence-corrected chi connectivity index (χ2v) is 10.5. The van der Waals surface area contributed by atoms with Gasteiger partial charge in [0.05, 0.1) is 23.5 Å². The lowest BCUT2D eigenvalue weighted by Crippen LogP contribution is -2.52. The molecule has 4 aromatic rings. The first-order chi connectivity index (χ1) is 18.6. The number of carbonyl (C=O) groups is 1. The fourth-order valence-corrected chi connectivity index (χ4v) is 6.01. The molecule has 2 fully saturated rings. The summed E-state index contributed by atoms with van der Waals surface area (Å²) in [6, 6.07) is 23.1. The molecule has 0 unspecified atom stereocenters. The molecule has 6 nitrogen and oxygen atoms in total. The highest BCUT2D eigenvalue weighted by Crippen LogP contribution is 2.27. The Morgan fingerprint density at radius 1 is 0.921 bits per heavy atom. The van der Waals surface area contributed by atoms with Gasteiger partial charge in [-0.15, -0.1) is 0 Å². The molecule has 2 saturated heterocycles. The normalized spacial score (nSPS) is 18.7. The van der Waals surface area contributed by atoms with E-state index >= 15 is 0 Å². The Balaban J connectivity index is 1.14. The van der Waals surface area contributed by atoms with E-state index in [1.165, 1.54) is 23.4 Å². The summed E-state index contributed by atoms with van der Waals surface area (Å²) in [5.41, 5.74) is 5.37. The number of para-hydroxylation sites is 3. The molecule has 1 atom stereocenters. The molecule has 0 N–H and O–H groups in total. The molecule has 1 aromatic heterocycles. The first-order valence-electron chi connectivity index (χ1n) is 13.6. The Bertz CT molecular complexity index is 1420. The van der Waals surface area contributed by atoms with E-state index in [9.17, 15) is 9.18 Å². The van der Waals surface area contributed by atoms with Gasteiger partial charge in [-0.3, -0.25) is 14.3 Å². The minimum Gasteiger partial charge on any atom is -0.368 e. The summed E-state index contributed by atoms with van der Waals surface area (Å²) in [6.07, 6.45) is 1.93. The highest BCUT2D eigenvalue weighted by molar-refractivity contribution is 5.80. The van der Waals surface area contributed by atoms with Crippen molar-refractivity contribution in [2.75, 3.05) is 44.2 Å². The molecule has 0 aliphatic carbocycles. The number of carbonyl (C=O) groups excluding carboxylic acids is 1. The summed E-state index contributed by atoms with van der Waals surface area (Å²) in [5.74, 6) is 0.957. The number of amides is 1. The van der Waals surface area contributed by atoms with Gasteiger partial charge in [0.1, 0.15) is 11.6 Å². The van der Waals surface area contributed by atoms with Crippen LogP contribution in [0.15, 0.2) is 72.8 Å². The fourth-order valence-electron chi connectivity index (χ4n) is 6.01. The number of halogens is 1. The Hall–Kier alpha value is -3.71. The smallest absolute Gasteiger partial charge is 0.227 e. The van der Waals surface area contributed by atoms with Crippen molar-refractivity contribution < 1.29 is 9.18 Å². The first-order valence-corrected chi connectivity index (χ1v) is 13.6. The Morgan fingerprint density at radius 3 is 2.45 bits per heavy atom. The van der Waals surface area contributed by atoms with Crippen molar-refractivity contribution in [1.82, 2.24) is 19.4 Å². The van der Waals surface area contributed by atoms with Gasteiger partial charge < -0.3 is 9.80 Å². The van der Waals surface area contributed by atoms with E-state index in [1.807, 2.05) is 24.3 Å². The van der Waals surface area contributed by atoms with E-state index in [0.29, 0.717) is 6.54 Å². The third kappa shape index (κ3) is 4.90. The van der Waals surface area contributed by atoms with Gasteiger partial charge in [0.15, 0.2) is 0 Å². The average Bonchev–Trinajstić information content (AvgIpc) is 3.31. The molecule has 2 aliphatic rings. The molecule has 3 aromatic carbocycles. The number of piperidine rings is 1. The van der Waals surface area contributed by atoms with E-state index < -0.39 is 0 Å². The lowest BCUT2D eigenvalue weighted by atomic mass is 9.96. The van der Waals surface area contributed by atoms with Crippen LogP contribution in [-0.2, 0) is 11.3 Å². The maximum atomic E-state index is 13.6. The van der Waals surface area contributed by atoms with Crippen molar-refractivity contribution in [3.8, 4) is 5.69 Å². The average molecular weight is 512 g/mol. The van der Waals surface area contributed by atoms with Crippen LogP contribution in [0.25, 0.3) is 16.7 Å². The van der Waals surface area contributed by atoms with Crippen molar-refractivity contribution >= 4 is 22.6 Å². The lowest BCUT2D eigenvalue weighted by molar-refractivity contribution is -0.137. The number of anilines is 1. The minimum absolute atomic E-state index is 0.0115. The van der Waals surface area contributed by atoms with Crippen LogP contribution < -0.4 is 4.90 Å². The van der Waals surface area contributed by atoms with Crippen molar-refractivity contribution in [3.05, 3.63) is 90.0 Å². The number of hydrogen-bond acceptors (Lipinski definition) is 4. The highest BCUT2D eigenvalue weighted by Gasteiger charge is 2.32. The number of nitrogens with zero attached hydrogens (tertiary/aromatic N) is 5. The minimum atomic E-state index is -0.253. The predicted molar refractivity (Wildman–Crippen MR) is 149 cm³/mol. The van der Waals surface area contributed by atoms with Crippen LogP contribution in [0.2, 0.25) is 0 Å². The third-order valence-corrected chi connectivity index (χ3v) is 7.98. The van der Waals surface area contributed by atoms with Crippen molar-refractivity contribution in [1.29, 1.82) is 0 Å². The lowest BCUT2D eigenvalue weighted by Gasteiger charge is -2.40. The molecule has 38 heavy (non-hydrogen) atoms. The van der Waals surface area contributed by atoms with Gasteiger partial charge in [0.25, 0.3) is 0 Å². The Labute approximate surface area is 223 Å². The van der Waals surface area contributed by atoms with Gasteiger partial charge in [-0.2, -0.15) is 0 Å². The molecule has 0 spiro atoms. The zero-order valence-corrected chi connectivity index (χ0v) is 21.9. The highest BCUT2D eigenvalue weighted by atomic mass is 19.1. The molecule has 7 heteroatoms. The first kappa shape index (κ1) is 24.6. The number of rotatable bonds is 5. The maximum absolute atomic E-state index is 13.6. The van der Waals surface area contributed by atoms with E-state index in [2.05, 4.69) is 50.5 Å². The molecule has 6 rings (SSSR count). The van der Waals surface area contributed by atoms with Crippen LogP contribution in [0, 0.1) is 18.7 Å². The third-order valence-electron chi connectivity index (χ3n) is 7.98. The molecule has 1 amide bonds. The van der Waals surface area contributed by atoms with Gasteiger partial charge in [-0.1, -0.05) is 30.3 Å². The molecular formula is C31H34FN5O. The predicted octanol–water partition coefficient (Wildman–Crippen LogP) is 5.03. The van der Waals surface area contributed by atoms with E-state index in [0.717, 1.165) is 74.7 Å². The fraction of sp³-hybridized carbons (Fsp3) is 0.355. The molecule has 2 aliphatic heterocycles. The summed E-state index contributed by atoms with van der Waals surface area (Å²) >= 11 is 0. The summed E-state index contributed by atoms with van der Waals surface area (Å²) in [6.45, 7) is 7.75. The summed E-state index contributed by atoms with van der Waals surface area (Å²) in [7, 11) is 0. The monoisotopic (exact) mass is 511 g/mol. The molecule has 0 saturated carbocycles. The van der Waals surface area contributed by atoms with Crippen LogP contribution in [0.3, 0.4) is 0 Å². The summed E-state index contributed by atoms with van der Waals surface area (Å²) in [4.78, 5) is 25.3. The quantitative estimate of drug-likeness (QED) is 0.377. The SMILES string of the molecule is Cc1ccccc1N1CCN(C(=O)[C@H]2CCCN(Cc3nc4ccccc4n3-c3ccc(F)cc3)C2)CC1. The standard InChI is InChI=1S/C31H34FN5O/c1-23-7-2-4-10-28(23)35-17-19-36(20-18-35)31(38)24-8-6-16-34(21-24)22-30-33-27-9-3-5-11-29(27)37(30)26-14-12-25(32)13-15-26/h2-5,7,9-15,24H,6,8,16-22H2,1H3/t24-/m0/s1. The van der Waals surface area contributed by atoms with Crippen molar-refractivity contribution in [2.45, 2.75) is 26.3 Å². The van der Waals surface area contributed by atoms with E-state index in [-0.39, 0.29) is 17.6 Å². The number of benzene rings is 3. The van der Waals surface area contributed by atoms with Crippen LogP contribution in [0.4, 0.5) is 10.1 Å². The van der Waals surface area contributed by atoms with Crippen LogP contribution >= 0.6 is 0 Å².